The molecule has 9 aromatic rings. The molecular formula is C46H31N3. The number of aromatic nitrogens is 3. The summed E-state index contributed by atoms with van der Waals surface area (Å²) >= 11 is 0. The van der Waals surface area contributed by atoms with Gasteiger partial charge in [-0.2, -0.15) is 0 Å². The van der Waals surface area contributed by atoms with Crippen molar-refractivity contribution in [2.45, 2.75) is 19.3 Å². The van der Waals surface area contributed by atoms with Gasteiger partial charge in [-0.1, -0.05) is 153 Å². The average molecular weight is 626 g/mol. The third-order valence-corrected chi connectivity index (χ3v) is 10.5. The van der Waals surface area contributed by atoms with Crippen LogP contribution in [-0.4, -0.2) is 15.0 Å². The van der Waals surface area contributed by atoms with Crippen molar-refractivity contribution in [1.29, 1.82) is 0 Å². The first-order chi connectivity index (χ1) is 24.1. The fourth-order valence-corrected chi connectivity index (χ4v) is 8.15. The summed E-state index contributed by atoms with van der Waals surface area (Å²) in [4.78, 5) is 15.6. The van der Waals surface area contributed by atoms with Gasteiger partial charge in [0, 0.05) is 22.1 Å². The monoisotopic (exact) mass is 625 g/mol. The van der Waals surface area contributed by atoms with Crippen LogP contribution in [0.15, 0.2) is 152 Å². The number of rotatable bonds is 3. The molecule has 1 heterocycles. The minimum absolute atomic E-state index is 0.0686. The van der Waals surface area contributed by atoms with Crippen molar-refractivity contribution in [2.75, 3.05) is 0 Å². The van der Waals surface area contributed by atoms with Gasteiger partial charge in [-0.3, -0.25) is 0 Å². The molecule has 0 spiro atoms. The molecule has 0 aliphatic heterocycles. The molecule has 49 heavy (non-hydrogen) atoms. The molecule has 3 heteroatoms. The summed E-state index contributed by atoms with van der Waals surface area (Å²) in [5, 5.41) is 9.75. The number of fused-ring (bicyclic) bond motifs is 11. The zero-order valence-corrected chi connectivity index (χ0v) is 27.3. The number of benzene rings is 8. The van der Waals surface area contributed by atoms with E-state index in [9.17, 15) is 0 Å². The highest BCUT2D eigenvalue weighted by molar-refractivity contribution is 6.32. The maximum absolute atomic E-state index is 5.29. The fraction of sp³-hybridized carbons (Fsp3) is 0.0652. The van der Waals surface area contributed by atoms with Gasteiger partial charge in [0.25, 0.3) is 0 Å². The molecule has 1 aliphatic carbocycles. The van der Waals surface area contributed by atoms with Crippen LogP contribution >= 0.6 is 0 Å². The number of nitrogens with zero attached hydrogens (tertiary/aromatic N) is 3. The van der Waals surface area contributed by atoms with Crippen molar-refractivity contribution < 1.29 is 0 Å². The van der Waals surface area contributed by atoms with E-state index in [-0.39, 0.29) is 5.41 Å². The van der Waals surface area contributed by atoms with E-state index < -0.39 is 0 Å². The van der Waals surface area contributed by atoms with Crippen LogP contribution in [0.25, 0.3) is 88.4 Å². The lowest BCUT2D eigenvalue weighted by atomic mass is 9.82. The van der Waals surface area contributed by atoms with Gasteiger partial charge < -0.3 is 0 Å². The molecule has 0 amide bonds. The third-order valence-electron chi connectivity index (χ3n) is 10.5. The number of hydrogen-bond acceptors (Lipinski definition) is 3. The van der Waals surface area contributed by atoms with Gasteiger partial charge in [-0.25, -0.2) is 15.0 Å². The minimum Gasteiger partial charge on any atom is -0.208 e. The van der Waals surface area contributed by atoms with Gasteiger partial charge in [-0.15, -0.1) is 0 Å². The molecule has 0 unspecified atom stereocenters. The van der Waals surface area contributed by atoms with Crippen molar-refractivity contribution in [2.24, 2.45) is 0 Å². The van der Waals surface area contributed by atoms with Crippen molar-refractivity contribution >= 4 is 43.1 Å². The minimum atomic E-state index is -0.0686. The van der Waals surface area contributed by atoms with E-state index in [0.717, 1.165) is 22.1 Å². The SMILES string of the molecule is CC1(C)c2ccccc2-c2cc(-c3nc(-c4ccccc4)nc(-c4cc5c6ccccc6c6ccccc6c5c5ccccc45)n3)ccc21. The Kier molecular flexibility index (Phi) is 5.92. The summed E-state index contributed by atoms with van der Waals surface area (Å²) in [5.41, 5.74) is 8.07. The molecule has 0 N–H and O–H groups in total. The molecular weight excluding hydrogens is 595 g/mol. The van der Waals surface area contributed by atoms with Crippen LogP contribution in [-0.2, 0) is 5.41 Å². The summed E-state index contributed by atoms with van der Waals surface area (Å²) in [6.45, 7) is 4.62. The molecule has 0 saturated heterocycles. The van der Waals surface area contributed by atoms with Gasteiger partial charge in [0.15, 0.2) is 17.5 Å². The summed E-state index contributed by atoms with van der Waals surface area (Å²) < 4.78 is 0. The maximum atomic E-state index is 5.29. The smallest absolute Gasteiger partial charge is 0.164 e. The van der Waals surface area contributed by atoms with Crippen LogP contribution in [0.4, 0.5) is 0 Å². The second-order valence-corrected chi connectivity index (χ2v) is 13.6. The number of hydrogen-bond donors (Lipinski definition) is 0. The van der Waals surface area contributed by atoms with Crippen LogP contribution in [0.2, 0.25) is 0 Å². The Bertz CT molecular complexity index is 2800. The Hall–Kier alpha value is -6.19. The Balaban J connectivity index is 1.28. The van der Waals surface area contributed by atoms with Crippen LogP contribution < -0.4 is 0 Å². The first kappa shape index (κ1) is 27.9. The van der Waals surface area contributed by atoms with Crippen LogP contribution in [0, 0.1) is 0 Å². The van der Waals surface area contributed by atoms with Gasteiger partial charge in [-0.05, 0) is 77.5 Å². The predicted molar refractivity (Wildman–Crippen MR) is 204 cm³/mol. The Morgan fingerprint density at radius 1 is 0.347 bits per heavy atom. The van der Waals surface area contributed by atoms with Gasteiger partial charge in [0.05, 0.1) is 0 Å². The standard InChI is InChI=1S/C46H31N3/c1-46(2)40-23-13-12-20-34(40)37-26-29(24-25-41(37)46)44-47-43(28-14-4-3-5-15-28)48-45(49-44)39-27-38-32-18-7-6-16-30(32)31-17-8-10-21-35(31)42(38)36-22-11-9-19-33(36)39/h3-27H,1-2H3. The molecule has 0 saturated carbocycles. The first-order valence-electron chi connectivity index (χ1n) is 16.9. The van der Waals surface area contributed by atoms with E-state index in [0.29, 0.717) is 17.5 Å². The molecule has 0 radical (unpaired) electrons. The zero-order valence-electron chi connectivity index (χ0n) is 27.3. The van der Waals surface area contributed by atoms with Crippen LogP contribution in [0.1, 0.15) is 25.0 Å². The topological polar surface area (TPSA) is 38.7 Å². The van der Waals surface area contributed by atoms with E-state index in [1.165, 1.54) is 60.0 Å². The Labute approximate surface area is 284 Å². The van der Waals surface area contributed by atoms with Crippen molar-refractivity contribution in [3.05, 3.63) is 163 Å². The lowest BCUT2D eigenvalue weighted by Crippen LogP contribution is -2.14. The second-order valence-electron chi connectivity index (χ2n) is 13.6. The van der Waals surface area contributed by atoms with Crippen molar-refractivity contribution in [3.8, 4) is 45.3 Å². The summed E-state index contributed by atoms with van der Waals surface area (Å²) in [6, 6.07) is 54.2. The highest BCUT2D eigenvalue weighted by Crippen LogP contribution is 2.49. The molecule has 1 aromatic heterocycles. The average Bonchev–Trinajstić information content (AvgIpc) is 3.40. The predicted octanol–water partition coefficient (Wildman–Crippen LogP) is 11.8. The van der Waals surface area contributed by atoms with Crippen molar-refractivity contribution in [1.82, 2.24) is 15.0 Å². The van der Waals surface area contributed by atoms with E-state index in [2.05, 4.69) is 147 Å². The van der Waals surface area contributed by atoms with E-state index in [1.807, 2.05) is 18.2 Å². The molecule has 0 fully saturated rings. The molecule has 0 atom stereocenters. The maximum Gasteiger partial charge on any atom is 0.164 e. The van der Waals surface area contributed by atoms with Crippen LogP contribution in [0.3, 0.4) is 0 Å². The molecule has 0 bridgehead atoms. The second kappa shape index (κ2) is 10.4. The largest absolute Gasteiger partial charge is 0.208 e. The van der Waals surface area contributed by atoms with Crippen molar-refractivity contribution in [3.63, 3.8) is 0 Å². The molecule has 230 valence electrons. The summed E-state index contributed by atoms with van der Waals surface area (Å²) in [5.74, 6) is 2.00. The van der Waals surface area contributed by atoms with E-state index in [1.54, 1.807) is 0 Å². The van der Waals surface area contributed by atoms with Crippen LogP contribution in [0.5, 0.6) is 0 Å². The lowest BCUT2D eigenvalue weighted by molar-refractivity contribution is 0.660. The summed E-state index contributed by atoms with van der Waals surface area (Å²) in [7, 11) is 0. The molecule has 1 aliphatic rings. The highest BCUT2D eigenvalue weighted by Gasteiger charge is 2.35. The molecule has 8 aromatic carbocycles. The quantitative estimate of drug-likeness (QED) is 0.183. The van der Waals surface area contributed by atoms with E-state index in [4.69, 9.17) is 15.0 Å². The normalized spacial score (nSPS) is 13.3. The van der Waals surface area contributed by atoms with E-state index >= 15 is 0 Å². The fourth-order valence-electron chi connectivity index (χ4n) is 8.15. The van der Waals surface area contributed by atoms with Gasteiger partial charge in [0.2, 0.25) is 0 Å². The Morgan fingerprint density at radius 3 is 1.59 bits per heavy atom. The zero-order chi connectivity index (χ0) is 32.7. The third kappa shape index (κ3) is 4.12. The van der Waals surface area contributed by atoms with Gasteiger partial charge in [0.1, 0.15) is 0 Å². The Morgan fingerprint density at radius 2 is 0.857 bits per heavy atom. The highest BCUT2D eigenvalue weighted by atomic mass is 15.0. The van der Waals surface area contributed by atoms with Gasteiger partial charge >= 0.3 is 0 Å². The molecule has 10 rings (SSSR count). The first-order valence-corrected chi connectivity index (χ1v) is 16.9. The summed E-state index contributed by atoms with van der Waals surface area (Å²) in [6.07, 6.45) is 0. The molecule has 3 nitrogen and oxygen atoms in total. The lowest BCUT2D eigenvalue weighted by Gasteiger charge is -2.21.